The maximum absolute atomic E-state index is 11.7. The number of aromatic nitrogens is 1. The number of hydrogen-bond acceptors (Lipinski definition) is 4. The molecular weight excluding hydrogens is 228 g/mol. The molecular formula is C13H18N4O. The molecule has 0 aliphatic heterocycles. The van der Waals surface area contributed by atoms with Gasteiger partial charge in [0.1, 0.15) is 11.9 Å². The summed E-state index contributed by atoms with van der Waals surface area (Å²) in [6.07, 6.45) is 1.96. The Balaban J connectivity index is 2.37. The Morgan fingerprint density at radius 3 is 2.67 bits per heavy atom. The van der Waals surface area contributed by atoms with Gasteiger partial charge in [-0.2, -0.15) is 5.26 Å². The highest BCUT2D eigenvalue weighted by atomic mass is 16.2. The van der Waals surface area contributed by atoms with Gasteiger partial charge in [0.15, 0.2) is 0 Å². The van der Waals surface area contributed by atoms with Crippen molar-refractivity contribution in [1.82, 2.24) is 9.88 Å². The van der Waals surface area contributed by atoms with E-state index in [1.165, 1.54) is 6.20 Å². The smallest absolute Gasteiger partial charge is 0.224 e. The van der Waals surface area contributed by atoms with Gasteiger partial charge in [0.05, 0.1) is 5.56 Å². The Bertz CT molecular complexity index is 418. The molecule has 1 heterocycles. The number of carbonyl (C=O) groups is 1. The van der Waals surface area contributed by atoms with Gasteiger partial charge in [-0.3, -0.25) is 4.79 Å². The minimum absolute atomic E-state index is 0.140. The highest BCUT2D eigenvalue weighted by Gasteiger charge is 2.08. The van der Waals surface area contributed by atoms with Crippen LogP contribution in [0.2, 0.25) is 0 Å². The predicted molar refractivity (Wildman–Crippen MR) is 70.0 cm³/mol. The van der Waals surface area contributed by atoms with Gasteiger partial charge in [0.25, 0.3) is 0 Å². The first kappa shape index (κ1) is 14.0. The zero-order valence-electron chi connectivity index (χ0n) is 10.8. The van der Waals surface area contributed by atoms with Crippen LogP contribution >= 0.6 is 0 Å². The fraction of sp³-hybridized carbons (Fsp3) is 0.462. The lowest BCUT2D eigenvalue weighted by atomic mass is 10.3. The summed E-state index contributed by atoms with van der Waals surface area (Å²) in [6.45, 7) is 5.97. The number of amides is 1. The van der Waals surface area contributed by atoms with Crippen LogP contribution in [0.25, 0.3) is 0 Å². The van der Waals surface area contributed by atoms with E-state index >= 15 is 0 Å². The summed E-state index contributed by atoms with van der Waals surface area (Å²) in [5.74, 6) is 0.822. The Labute approximate surface area is 107 Å². The lowest BCUT2D eigenvalue weighted by Gasteiger charge is -2.18. The van der Waals surface area contributed by atoms with Gasteiger partial charge in [-0.25, -0.2) is 4.98 Å². The van der Waals surface area contributed by atoms with Crippen LogP contribution in [0.1, 0.15) is 25.8 Å². The molecule has 18 heavy (non-hydrogen) atoms. The van der Waals surface area contributed by atoms with E-state index in [2.05, 4.69) is 10.3 Å². The summed E-state index contributed by atoms with van der Waals surface area (Å²) in [7, 11) is 0. The molecule has 0 aliphatic rings. The SMILES string of the molecule is CCN(CC)C(=O)CCNc1ccc(C#N)cn1. The lowest BCUT2D eigenvalue weighted by molar-refractivity contribution is -0.130. The van der Waals surface area contributed by atoms with Crippen molar-refractivity contribution < 1.29 is 4.79 Å². The minimum atomic E-state index is 0.140. The molecule has 0 bridgehead atoms. The highest BCUT2D eigenvalue weighted by Crippen LogP contribution is 2.04. The van der Waals surface area contributed by atoms with Crippen LogP contribution in [0.15, 0.2) is 18.3 Å². The number of nitriles is 1. The molecule has 96 valence electrons. The van der Waals surface area contributed by atoms with Gasteiger partial charge < -0.3 is 10.2 Å². The number of pyridine rings is 1. The molecule has 1 aromatic rings. The van der Waals surface area contributed by atoms with Gasteiger partial charge in [-0.05, 0) is 26.0 Å². The van der Waals surface area contributed by atoms with E-state index in [0.717, 1.165) is 13.1 Å². The molecule has 1 amide bonds. The van der Waals surface area contributed by atoms with E-state index in [1.807, 2.05) is 19.9 Å². The molecule has 0 radical (unpaired) electrons. The Morgan fingerprint density at radius 1 is 1.44 bits per heavy atom. The van der Waals surface area contributed by atoms with Crippen molar-refractivity contribution in [2.75, 3.05) is 25.0 Å². The Hall–Kier alpha value is -2.09. The van der Waals surface area contributed by atoms with Crippen LogP contribution in [0, 0.1) is 11.3 Å². The molecule has 1 rings (SSSR count). The average Bonchev–Trinajstić information content (AvgIpc) is 2.41. The largest absolute Gasteiger partial charge is 0.370 e. The van der Waals surface area contributed by atoms with Crippen LogP contribution in [0.3, 0.4) is 0 Å². The molecule has 0 unspecified atom stereocenters. The predicted octanol–water partition coefficient (Wildman–Crippen LogP) is 1.62. The molecule has 0 saturated heterocycles. The third kappa shape index (κ3) is 4.06. The normalized spacial score (nSPS) is 9.61. The first-order valence-corrected chi connectivity index (χ1v) is 6.09. The second-order valence-electron chi connectivity index (χ2n) is 3.79. The van der Waals surface area contributed by atoms with Crippen molar-refractivity contribution in [3.8, 4) is 6.07 Å². The maximum atomic E-state index is 11.7. The summed E-state index contributed by atoms with van der Waals surface area (Å²) in [5.41, 5.74) is 0.528. The zero-order valence-corrected chi connectivity index (χ0v) is 10.8. The van der Waals surface area contributed by atoms with Crippen LogP contribution in [0.5, 0.6) is 0 Å². The first-order chi connectivity index (χ1) is 8.71. The summed E-state index contributed by atoms with van der Waals surface area (Å²) in [4.78, 5) is 17.6. The number of nitrogens with one attached hydrogen (secondary N) is 1. The summed E-state index contributed by atoms with van der Waals surface area (Å²) in [5, 5.41) is 11.7. The fourth-order valence-corrected chi connectivity index (χ4v) is 1.60. The second kappa shape index (κ2) is 7.28. The molecule has 1 N–H and O–H groups in total. The molecule has 0 aliphatic carbocycles. The van der Waals surface area contributed by atoms with E-state index in [4.69, 9.17) is 5.26 Å². The van der Waals surface area contributed by atoms with Gasteiger partial charge in [0.2, 0.25) is 5.91 Å². The van der Waals surface area contributed by atoms with Crippen molar-refractivity contribution in [3.63, 3.8) is 0 Å². The minimum Gasteiger partial charge on any atom is -0.370 e. The number of anilines is 1. The molecule has 1 aromatic heterocycles. The first-order valence-electron chi connectivity index (χ1n) is 6.09. The Morgan fingerprint density at radius 2 is 2.17 bits per heavy atom. The third-order valence-electron chi connectivity index (χ3n) is 2.65. The monoisotopic (exact) mass is 246 g/mol. The fourth-order valence-electron chi connectivity index (χ4n) is 1.60. The number of carbonyl (C=O) groups excluding carboxylic acids is 1. The molecule has 0 fully saturated rings. The van der Waals surface area contributed by atoms with Crippen molar-refractivity contribution in [3.05, 3.63) is 23.9 Å². The summed E-state index contributed by atoms with van der Waals surface area (Å²) >= 11 is 0. The van der Waals surface area contributed by atoms with Crippen molar-refractivity contribution in [2.45, 2.75) is 20.3 Å². The molecule has 0 atom stereocenters. The molecule has 0 saturated carbocycles. The van der Waals surface area contributed by atoms with E-state index in [1.54, 1.807) is 17.0 Å². The van der Waals surface area contributed by atoms with Crippen LogP contribution in [-0.2, 0) is 4.79 Å². The highest BCUT2D eigenvalue weighted by molar-refractivity contribution is 5.76. The molecule has 0 aromatic carbocycles. The second-order valence-corrected chi connectivity index (χ2v) is 3.79. The van der Waals surface area contributed by atoms with Gasteiger partial charge in [-0.1, -0.05) is 0 Å². The van der Waals surface area contributed by atoms with E-state index in [0.29, 0.717) is 24.3 Å². The summed E-state index contributed by atoms with van der Waals surface area (Å²) in [6, 6.07) is 5.44. The quantitative estimate of drug-likeness (QED) is 0.828. The molecule has 0 spiro atoms. The van der Waals surface area contributed by atoms with Crippen molar-refractivity contribution in [1.29, 1.82) is 5.26 Å². The number of rotatable bonds is 6. The average molecular weight is 246 g/mol. The van der Waals surface area contributed by atoms with Crippen LogP contribution in [0.4, 0.5) is 5.82 Å². The van der Waals surface area contributed by atoms with Crippen molar-refractivity contribution >= 4 is 11.7 Å². The number of nitrogens with zero attached hydrogens (tertiary/aromatic N) is 3. The zero-order chi connectivity index (χ0) is 13.4. The van der Waals surface area contributed by atoms with Gasteiger partial charge >= 0.3 is 0 Å². The topological polar surface area (TPSA) is 69.0 Å². The number of hydrogen-bond donors (Lipinski definition) is 1. The van der Waals surface area contributed by atoms with E-state index < -0.39 is 0 Å². The molecule has 5 heteroatoms. The maximum Gasteiger partial charge on any atom is 0.224 e. The van der Waals surface area contributed by atoms with Gasteiger partial charge in [-0.15, -0.1) is 0 Å². The standard InChI is InChI=1S/C13H18N4O/c1-3-17(4-2)13(18)7-8-15-12-6-5-11(9-14)10-16-12/h5-6,10H,3-4,7-8H2,1-2H3,(H,15,16). The Kier molecular flexibility index (Phi) is 5.65. The van der Waals surface area contributed by atoms with E-state index in [-0.39, 0.29) is 5.91 Å². The lowest BCUT2D eigenvalue weighted by Crippen LogP contribution is -2.31. The van der Waals surface area contributed by atoms with Crippen LogP contribution in [-0.4, -0.2) is 35.4 Å². The van der Waals surface area contributed by atoms with Crippen molar-refractivity contribution in [2.24, 2.45) is 0 Å². The summed E-state index contributed by atoms with van der Waals surface area (Å²) < 4.78 is 0. The van der Waals surface area contributed by atoms with Crippen LogP contribution < -0.4 is 5.32 Å². The third-order valence-corrected chi connectivity index (χ3v) is 2.65. The molecule has 5 nitrogen and oxygen atoms in total. The van der Waals surface area contributed by atoms with E-state index in [9.17, 15) is 4.79 Å². The van der Waals surface area contributed by atoms with Gasteiger partial charge in [0, 0.05) is 32.3 Å².